The maximum absolute atomic E-state index is 4.81. The third-order valence-electron chi connectivity index (χ3n) is 8.93. The molecule has 0 spiro atoms. The van der Waals surface area contributed by atoms with Crippen LogP contribution in [0.5, 0.6) is 0 Å². The van der Waals surface area contributed by atoms with Crippen molar-refractivity contribution < 1.29 is 33.0 Å². The first-order valence-electron chi connectivity index (χ1n) is 16.6. The zero-order chi connectivity index (χ0) is 35.2. The van der Waals surface area contributed by atoms with Crippen molar-refractivity contribution in [1.29, 1.82) is 0 Å². The van der Waals surface area contributed by atoms with Crippen molar-refractivity contribution in [3.8, 4) is 0 Å². The average Bonchev–Trinajstić information content (AvgIpc) is 3.96. The Kier molecular flexibility index (Phi) is 15.5. The molecule has 0 nitrogen and oxygen atoms in total. The molecule has 0 N–H and O–H groups in total. The predicted molar refractivity (Wildman–Crippen MR) is 229 cm³/mol. The monoisotopic (exact) mass is 884 g/mol. The molecule has 0 amide bonds. The second-order valence-corrected chi connectivity index (χ2v) is 20.9. The fraction of sp³-hybridized carbons (Fsp3) is 0. The van der Waals surface area contributed by atoms with Crippen molar-refractivity contribution in [2.45, 2.75) is 0 Å². The summed E-state index contributed by atoms with van der Waals surface area (Å²) in [6.07, 6.45) is 17.7. The zero-order valence-corrected chi connectivity index (χ0v) is 34.2. The van der Waals surface area contributed by atoms with Crippen LogP contribution >= 0.6 is 32.8 Å². The van der Waals surface area contributed by atoms with Crippen LogP contribution in [0.3, 0.4) is 0 Å². The van der Waals surface area contributed by atoms with Crippen molar-refractivity contribution in [2.24, 2.45) is 0 Å². The van der Waals surface area contributed by atoms with E-state index in [0.717, 1.165) is 0 Å². The summed E-state index contributed by atoms with van der Waals surface area (Å²) in [7, 11) is 9.63. The molecule has 262 valence electrons. The molecule has 0 unspecified atom stereocenters. The molecule has 0 heterocycles. The van der Waals surface area contributed by atoms with Crippen LogP contribution in [-0.2, 0) is 33.0 Å². The minimum atomic E-state index is -1.86. The van der Waals surface area contributed by atoms with E-state index in [2.05, 4.69) is 231 Å². The smallest absolute Gasteiger partial charge is 2.00 e. The molecule has 52 heavy (non-hydrogen) atoms. The summed E-state index contributed by atoms with van der Waals surface area (Å²) in [5.74, 6) is 0. The molecule has 8 rings (SSSR count). The standard InChI is InChI=1S/2C23H19P.2ClH.Fe.Pd/c2*1-4-12-20(13-5-1)24(23-18-10-11-19-23,21-14-6-2-7-15-21)22-16-8-3-9-17-22;;;;/h2*1-19H;2*1H;;/q;;;;2*+2/p-2. The van der Waals surface area contributed by atoms with E-state index >= 15 is 0 Å². The van der Waals surface area contributed by atoms with Crippen LogP contribution < -0.4 is 31.8 Å². The quantitative estimate of drug-likeness (QED) is 0.116. The van der Waals surface area contributed by atoms with Gasteiger partial charge in [-0.3, -0.25) is 0 Å². The molecule has 0 fully saturated rings. The van der Waals surface area contributed by atoms with Gasteiger partial charge >= 0.3 is 52.1 Å². The van der Waals surface area contributed by atoms with Crippen LogP contribution in [-0.4, -0.2) is 10.6 Å². The molecule has 2 aliphatic carbocycles. The maximum atomic E-state index is 4.81. The van der Waals surface area contributed by atoms with E-state index in [0.29, 0.717) is 0 Å². The first-order valence-corrected chi connectivity index (χ1v) is 24.2. The molecule has 6 aromatic carbocycles. The number of rotatable bonds is 6. The van der Waals surface area contributed by atoms with Crippen LogP contribution in [0.1, 0.15) is 0 Å². The van der Waals surface area contributed by atoms with Crippen LogP contribution in [0.25, 0.3) is 0 Å². The average molecular weight is 886 g/mol. The molecule has 0 aliphatic heterocycles. The van der Waals surface area contributed by atoms with Crippen molar-refractivity contribution in [3.05, 3.63) is 231 Å². The van der Waals surface area contributed by atoms with Gasteiger partial charge in [-0.1, -0.05) is 231 Å². The topological polar surface area (TPSA) is 0 Å². The number of allylic oxidation sites excluding steroid dienone is 8. The third-order valence-corrected chi connectivity index (χ3v) is 17.5. The summed E-state index contributed by atoms with van der Waals surface area (Å²) in [5.41, 5.74) is 0. The largest absolute Gasteiger partial charge is 2.00 e. The van der Waals surface area contributed by atoms with Gasteiger partial charge in [0.2, 0.25) is 0 Å². The van der Waals surface area contributed by atoms with Crippen LogP contribution in [0, 0.1) is 0 Å². The Morgan fingerprint density at radius 2 is 0.442 bits per heavy atom. The van der Waals surface area contributed by atoms with Crippen LogP contribution in [0.2, 0.25) is 0 Å². The molecule has 0 radical (unpaired) electrons. The molecule has 0 bridgehead atoms. The summed E-state index contributed by atoms with van der Waals surface area (Å²) in [6, 6.07) is 65.7. The number of hydrogen-bond donors (Lipinski definition) is 0. The van der Waals surface area contributed by atoms with Gasteiger partial charge in [0, 0.05) is 0 Å². The minimum Gasteiger partial charge on any atom is 2.00 e. The fourth-order valence-corrected chi connectivity index (χ4v) is 15.4. The first kappa shape index (κ1) is 39.8. The van der Waals surface area contributed by atoms with Crippen molar-refractivity contribution in [2.75, 3.05) is 0 Å². The molecule has 0 aromatic heterocycles. The van der Waals surface area contributed by atoms with E-state index in [1.807, 2.05) is 0 Å². The Morgan fingerprint density at radius 3 is 0.596 bits per heavy atom. The molecule has 0 saturated heterocycles. The van der Waals surface area contributed by atoms with Gasteiger partial charge in [-0.05, 0) is 56.2 Å². The first-order chi connectivity index (χ1) is 25.3. The van der Waals surface area contributed by atoms with Gasteiger partial charge in [-0.2, -0.15) is 0 Å². The Labute approximate surface area is 336 Å². The van der Waals surface area contributed by atoms with Crippen LogP contribution in [0.4, 0.5) is 0 Å². The van der Waals surface area contributed by atoms with E-state index in [9.17, 15) is 0 Å². The van der Waals surface area contributed by atoms with E-state index in [-0.39, 0.29) is 33.0 Å². The normalized spacial score (nSPS) is 12.8. The van der Waals surface area contributed by atoms with Gasteiger partial charge in [0.1, 0.15) is 0 Å². The van der Waals surface area contributed by atoms with Crippen molar-refractivity contribution in [3.63, 3.8) is 0 Å². The maximum Gasteiger partial charge on any atom is 2.00 e. The number of halogens is 2. The Balaban J connectivity index is 0.000000184. The third kappa shape index (κ3) is 8.54. The molecule has 0 atom stereocenters. The number of benzene rings is 6. The summed E-state index contributed by atoms with van der Waals surface area (Å²) >= 11 is -0.106. The predicted octanol–water partition coefficient (Wildman–Crippen LogP) is 9.93. The summed E-state index contributed by atoms with van der Waals surface area (Å²) in [4.78, 5) is 0. The number of hydrogen-bond acceptors (Lipinski definition) is 0. The summed E-state index contributed by atoms with van der Waals surface area (Å²) in [5, 5.41) is 11.2. The Morgan fingerprint density at radius 1 is 0.288 bits per heavy atom. The van der Waals surface area contributed by atoms with Crippen molar-refractivity contribution >= 4 is 75.2 Å². The second kappa shape index (κ2) is 20.2. The van der Waals surface area contributed by atoms with Gasteiger partial charge in [-0.25, -0.2) is 0 Å². The molecule has 6 heteroatoms. The van der Waals surface area contributed by atoms with Gasteiger partial charge in [0.15, 0.2) is 0 Å². The van der Waals surface area contributed by atoms with E-state index in [1.54, 1.807) is 0 Å². The molecule has 2 aliphatic rings. The van der Waals surface area contributed by atoms with Gasteiger partial charge in [0.25, 0.3) is 0 Å². The van der Waals surface area contributed by atoms with E-state index < -0.39 is 13.8 Å². The summed E-state index contributed by atoms with van der Waals surface area (Å²) in [6.45, 7) is -3.72. The summed E-state index contributed by atoms with van der Waals surface area (Å²) < 4.78 is 0. The Hall–Kier alpha value is -3.36. The molecule has 0 saturated carbocycles. The molecular formula is C46H38Cl2FeP2Pd+2. The van der Waals surface area contributed by atoms with Gasteiger partial charge in [0.05, 0.1) is 0 Å². The zero-order valence-electron chi connectivity index (χ0n) is 28.3. The van der Waals surface area contributed by atoms with Crippen molar-refractivity contribution in [1.82, 2.24) is 0 Å². The molecular weight excluding hydrogens is 848 g/mol. The van der Waals surface area contributed by atoms with Gasteiger partial charge < -0.3 is 0 Å². The SMILES string of the molecule is C1=CC(=P(c2ccccc2)(c2ccccc2)c2ccccc2)C=C1.C1=CC(=P(c2ccccc2)(c2ccccc2)c2ccccc2)C=C1.[Cl][Pd][Cl].[Fe+2]. The van der Waals surface area contributed by atoms with Gasteiger partial charge in [-0.15, -0.1) is 0 Å². The molecule has 6 aromatic rings. The second-order valence-electron chi connectivity index (χ2n) is 11.7. The minimum absolute atomic E-state index is 0. The fourth-order valence-electron chi connectivity index (χ4n) is 6.87. The Bertz CT molecular complexity index is 1840. The van der Waals surface area contributed by atoms with E-state index in [4.69, 9.17) is 19.1 Å². The van der Waals surface area contributed by atoms with E-state index in [1.165, 1.54) is 42.4 Å². The van der Waals surface area contributed by atoms with Crippen LogP contribution in [0.15, 0.2) is 231 Å².